The fraction of sp³-hybridized carbons (Fsp3) is 0.250. The van der Waals surface area contributed by atoms with E-state index in [4.69, 9.17) is 5.41 Å². The second-order valence-corrected chi connectivity index (χ2v) is 2.38. The number of hydrogen-bond acceptors (Lipinski definition) is 3. The molecule has 1 N–H and O–H groups in total. The average molecular weight is 203 g/mol. The Balaban J connectivity index is 0.000000921. The topological polar surface area (TPSA) is 49.1 Å². The number of aliphatic imine (C=N–C) groups is 1. The first kappa shape index (κ1) is 13.2. The van der Waals surface area contributed by atoms with Crippen molar-refractivity contribution >= 4 is 11.9 Å². The largest absolute Gasteiger partial charge is 0.306 e. The summed E-state index contributed by atoms with van der Waals surface area (Å²) in [6.07, 6.45) is 8.09. The summed E-state index contributed by atoms with van der Waals surface area (Å²) in [5.41, 5.74) is 1.55. The smallest absolute Gasteiger partial charge is 0.0878 e. The van der Waals surface area contributed by atoms with Gasteiger partial charge in [-0.05, 0) is 19.1 Å². The van der Waals surface area contributed by atoms with Crippen molar-refractivity contribution in [3.63, 3.8) is 0 Å². The number of nitrogens with one attached hydrogen (secondary N) is 1. The molecule has 80 valence electrons. The third-order valence-electron chi connectivity index (χ3n) is 1.48. The van der Waals surface area contributed by atoms with Crippen molar-refractivity contribution in [3.8, 4) is 0 Å². The van der Waals surface area contributed by atoms with Gasteiger partial charge in [0.15, 0.2) is 0 Å². The SMILES string of the molecule is C/C=C\N=C(C=N)c1ccncc1.CC. The van der Waals surface area contributed by atoms with Gasteiger partial charge in [0.25, 0.3) is 0 Å². The predicted octanol–water partition coefficient (Wildman–Crippen LogP) is 3.08. The number of nitrogens with zero attached hydrogens (tertiary/aromatic N) is 2. The Hall–Kier alpha value is -1.77. The molecule has 0 aliphatic heterocycles. The van der Waals surface area contributed by atoms with Crippen LogP contribution in [-0.2, 0) is 0 Å². The Kier molecular flexibility index (Phi) is 7.77. The highest BCUT2D eigenvalue weighted by molar-refractivity contribution is 6.37. The van der Waals surface area contributed by atoms with Crippen molar-refractivity contribution in [3.05, 3.63) is 42.4 Å². The van der Waals surface area contributed by atoms with Crippen LogP contribution in [0.15, 0.2) is 41.8 Å². The molecule has 0 radical (unpaired) electrons. The van der Waals surface area contributed by atoms with Crippen LogP contribution in [0, 0.1) is 5.41 Å². The van der Waals surface area contributed by atoms with E-state index in [1.807, 2.05) is 39.0 Å². The van der Waals surface area contributed by atoms with Gasteiger partial charge in [0, 0.05) is 30.4 Å². The maximum absolute atomic E-state index is 7.17. The van der Waals surface area contributed by atoms with E-state index < -0.39 is 0 Å². The molecule has 0 bridgehead atoms. The fourth-order valence-electron chi connectivity index (χ4n) is 0.873. The zero-order valence-electron chi connectivity index (χ0n) is 9.44. The number of allylic oxidation sites excluding steroid dienone is 1. The number of hydrogen-bond donors (Lipinski definition) is 1. The molecule has 0 aromatic carbocycles. The van der Waals surface area contributed by atoms with Crippen molar-refractivity contribution in [2.24, 2.45) is 4.99 Å². The highest BCUT2D eigenvalue weighted by atomic mass is 14.7. The van der Waals surface area contributed by atoms with Crippen LogP contribution < -0.4 is 0 Å². The summed E-state index contributed by atoms with van der Waals surface area (Å²) in [6.45, 7) is 5.89. The lowest BCUT2D eigenvalue weighted by molar-refractivity contribution is 1.32. The Morgan fingerprint density at radius 2 is 1.93 bits per heavy atom. The lowest BCUT2D eigenvalue weighted by Crippen LogP contribution is -2.00. The first-order valence-corrected chi connectivity index (χ1v) is 4.98. The lowest BCUT2D eigenvalue weighted by Gasteiger charge is -1.96. The third kappa shape index (κ3) is 4.86. The first-order valence-electron chi connectivity index (χ1n) is 4.98. The molecule has 0 fully saturated rings. The summed E-state index contributed by atoms with van der Waals surface area (Å²) in [5.74, 6) is 0. The molecule has 0 aliphatic rings. The van der Waals surface area contributed by atoms with E-state index in [0.29, 0.717) is 5.71 Å². The van der Waals surface area contributed by atoms with Gasteiger partial charge < -0.3 is 5.41 Å². The van der Waals surface area contributed by atoms with Gasteiger partial charge in [-0.1, -0.05) is 19.9 Å². The molecule has 0 spiro atoms. The van der Waals surface area contributed by atoms with Gasteiger partial charge >= 0.3 is 0 Å². The summed E-state index contributed by atoms with van der Waals surface area (Å²) in [5, 5.41) is 7.17. The minimum Gasteiger partial charge on any atom is -0.306 e. The van der Waals surface area contributed by atoms with Crippen LogP contribution in [0.5, 0.6) is 0 Å². The second-order valence-electron chi connectivity index (χ2n) is 2.38. The monoisotopic (exact) mass is 203 g/mol. The molecule has 15 heavy (non-hydrogen) atoms. The van der Waals surface area contributed by atoms with E-state index in [1.165, 1.54) is 6.21 Å². The van der Waals surface area contributed by atoms with E-state index >= 15 is 0 Å². The van der Waals surface area contributed by atoms with Gasteiger partial charge in [-0.25, -0.2) is 0 Å². The highest BCUT2D eigenvalue weighted by Crippen LogP contribution is 1.98. The van der Waals surface area contributed by atoms with Crippen LogP contribution in [0.25, 0.3) is 0 Å². The maximum atomic E-state index is 7.17. The molecule has 0 atom stereocenters. The summed E-state index contributed by atoms with van der Waals surface area (Å²) >= 11 is 0. The molecular formula is C12H17N3. The molecular weight excluding hydrogens is 186 g/mol. The summed E-state index contributed by atoms with van der Waals surface area (Å²) in [6, 6.07) is 3.65. The van der Waals surface area contributed by atoms with E-state index in [1.54, 1.807) is 18.6 Å². The molecule has 0 aliphatic carbocycles. The van der Waals surface area contributed by atoms with Crippen molar-refractivity contribution in [1.82, 2.24) is 4.98 Å². The summed E-state index contributed by atoms with van der Waals surface area (Å²) in [4.78, 5) is 7.99. The Labute approximate surface area is 91.1 Å². The van der Waals surface area contributed by atoms with Crippen molar-refractivity contribution in [2.75, 3.05) is 0 Å². The Morgan fingerprint density at radius 1 is 1.33 bits per heavy atom. The standard InChI is InChI=1S/C10H11N3.C2H6/c1-2-5-13-10(8-11)9-3-6-12-7-4-9;1-2/h2-8,11H,1H3;1-2H3/b5-2-,11-8?,13-10?;. The molecule has 1 aromatic heterocycles. The second kappa shape index (κ2) is 8.81. The normalized spacial score (nSPS) is 10.7. The van der Waals surface area contributed by atoms with Gasteiger partial charge in [-0.2, -0.15) is 0 Å². The number of pyridine rings is 1. The van der Waals surface area contributed by atoms with Crippen LogP contribution >= 0.6 is 0 Å². The van der Waals surface area contributed by atoms with Crippen LogP contribution in [0.3, 0.4) is 0 Å². The van der Waals surface area contributed by atoms with Crippen molar-refractivity contribution < 1.29 is 0 Å². The van der Waals surface area contributed by atoms with Gasteiger partial charge in [-0.15, -0.1) is 0 Å². The average Bonchev–Trinajstić information content (AvgIpc) is 2.34. The van der Waals surface area contributed by atoms with Gasteiger partial charge in [0.1, 0.15) is 0 Å². The molecule has 0 amide bonds. The van der Waals surface area contributed by atoms with Gasteiger partial charge in [-0.3, -0.25) is 9.98 Å². The molecule has 3 heteroatoms. The zero-order chi connectivity index (χ0) is 11.5. The zero-order valence-corrected chi connectivity index (χ0v) is 9.44. The predicted molar refractivity (Wildman–Crippen MR) is 65.7 cm³/mol. The van der Waals surface area contributed by atoms with Crippen molar-refractivity contribution in [2.45, 2.75) is 20.8 Å². The highest BCUT2D eigenvalue weighted by Gasteiger charge is 1.96. The first-order chi connectivity index (χ1) is 7.38. The van der Waals surface area contributed by atoms with E-state index in [9.17, 15) is 0 Å². The van der Waals surface area contributed by atoms with Crippen LogP contribution in [0.2, 0.25) is 0 Å². The van der Waals surface area contributed by atoms with E-state index in [2.05, 4.69) is 9.98 Å². The van der Waals surface area contributed by atoms with E-state index in [-0.39, 0.29) is 0 Å². The fourth-order valence-corrected chi connectivity index (χ4v) is 0.873. The summed E-state index contributed by atoms with van der Waals surface area (Å²) in [7, 11) is 0. The molecule has 0 saturated carbocycles. The summed E-state index contributed by atoms with van der Waals surface area (Å²) < 4.78 is 0. The molecule has 1 rings (SSSR count). The third-order valence-corrected chi connectivity index (χ3v) is 1.48. The maximum Gasteiger partial charge on any atom is 0.0878 e. The quantitative estimate of drug-likeness (QED) is 0.754. The van der Waals surface area contributed by atoms with Crippen molar-refractivity contribution in [1.29, 1.82) is 5.41 Å². The number of rotatable bonds is 3. The number of aromatic nitrogens is 1. The van der Waals surface area contributed by atoms with Gasteiger partial charge in [0.2, 0.25) is 0 Å². The minimum absolute atomic E-state index is 0.639. The Morgan fingerprint density at radius 3 is 2.40 bits per heavy atom. The molecule has 0 saturated heterocycles. The van der Waals surface area contributed by atoms with Gasteiger partial charge in [0.05, 0.1) is 5.71 Å². The van der Waals surface area contributed by atoms with E-state index in [0.717, 1.165) is 5.56 Å². The molecule has 3 nitrogen and oxygen atoms in total. The molecule has 1 aromatic rings. The molecule has 1 heterocycles. The van der Waals surface area contributed by atoms with Crippen LogP contribution in [-0.4, -0.2) is 16.9 Å². The van der Waals surface area contributed by atoms with Crippen LogP contribution in [0.1, 0.15) is 26.3 Å². The minimum atomic E-state index is 0.639. The molecule has 0 unspecified atom stereocenters. The lowest BCUT2D eigenvalue weighted by atomic mass is 10.2. The Bertz CT molecular complexity index is 326. The van der Waals surface area contributed by atoms with Crippen LogP contribution in [0.4, 0.5) is 0 Å².